The first-order chi connectivity index (χ1) is 17.4. The van der Waals surface area contributed by atoms with Gasteiger partial charge in [0.1, 0.15) is 11.9 Å². The van der Waals surface area contributed by atoms with Gasteiger partial charge < -0.3 is 24.4 Å². The Labute approximate surface area is 209 Å². The number of urea groups is 1. The van der Waals surface area contributed by atoms with E-state index in [4.69, 9.17) is 14.2 Å². The van der Waals surface area contributed by atoms with Crippen LogP contribution in [0.4, 0.5) is 9.18 Å². The van der Waals surface area contributed by atoms with Crippen LogP contribution in [-0.2, 0) is 22.4 Å². The van der Waals surface area contributed by atoms with E-state index in [1.165, 1.54) is 19.2 Å². The van der Waals surface area contributed by atoms with Gasteiger partial charge in [-0.3, -0.25) is 0 Å². The Hall–Kier alpha value is -4.07. The number of carbonyl (C=O) groups excluding carboxylic acids is 2. The third-order valence-corrected chi connectivity index (χ3v) is 6.39. The van der Waals surface area contributed by atoms with Crippen LogP contribution in [0.3, 0.4) is 0 Å². The molecule has 2 amide bonds. The fourth-order valence-electron chi connectivity index (χ4n) is 4.59. The van der Waals surface area contributed by atoms with Crippen molar-refractivity contribution >= 4 is 12.0 Å². The van der Waals surface area contributed by atoms with Crippen LogP contribution in [0.2, 0.25) is 0 Å². The fourth-order valence-corrected chi connectivity index (χ4v) is 4.59. The summed E-state index contributed by atoms with van der Waals surface area (Å²) < 4.78 is 29.7. The molecule has 1 N–H and O–H groups in total. The van der Waals surface area contributed by atoms with Crippen LogP contribution in [-0.4, -0.2) is 50.8 Å². The van der Waals surface area contributed by atoms with Gasteiger partial charge in [0, 0.05) is 13.0 Å². The van der Waals surface area contributed by atoms with E-state index in [-0.39, 0.29) is 12.2 Å². The predicted octanol–water partition coefficient (Wildman–Crippen LogP) is 4.28. The van der Waals surface area contributed by atoms with E-state index in [0.29, 0.717) is 24.5 Å². The van der Waals surface area contributed by atoms with Gasteiger partial charge in [0.2, 0.25) is 0 Å². The zero-order chi connectivity index (χ0) is 25.7. The number of rotatable bonds is 7. The van der Waals surface area contributed by atoms with Gasteiger partial charge in [-0.1, -0.05) is 42.5 Å². The van der Waals surface area contributed by atoms with Gasteiger partial charge in [-0.25, -0.2) is 14.0 Å². The van der Waals surface area contributed by atoms with Crippen LogP contribution in [0.25, 0.3) is 0 Å². The van der Waals surface area contributed by atoms with Gasteiger partial charge in [0.05, 0.1) is 27.4 Å². The zero-order valence-electron chi connectivity index (χ0n) is 20.5. The van der Waals surface area contributed by atoms with E-state index in [1.807, 2.05) is 42.5 Å². The molecule has 7 nitrogen and oxygen atoms in total. The van der Waals surface area contributed by atoms with Gasteiger partial charge in [-0.15, -0.1) is 0 Å². The summed E-state index contributed by atoms with van der Waals surface area (Å²) in [6.07, 6.45) is 0.859. The van der Waals surface area contributed by atoms with Gasteiger partial charge in [-0.2, -0.15) is 0 Å². The van der Waals surface area contributed by atoms with E-state index in [9.17, 15) is 14.0 Å². The van der Waals surface area contributed by atoms with Crippen molar-refractivity contribution in [3.8, 4) is 11.5 Å². The molecule has 0 fully saturated rings. The number of benzene rings is 3. The molecule has 4 rings (SSSR count). The third kappa shape index (κ3) is 5.27. The summed E-state index contributed by atoms with van der Waals surface area (Å²) in [7, 11) is 4.42. The largest absolute Gasteiger partial charge is 0.493 e. The van der Waals surface area contributed by atoms with Crippen molar-refractivity contribution in [2.45, 2.75) is 24.9 Å². The SMILES string of the molecule is COC(=O)C(Cc1ccccc1)NC(=O)N1CCc2cc(OC)c(OC)cc2C1c1ccc(F)cc1. The number of esters is 1. The lowest BCUT2D eigenvalue weighted by Gasteiger charge is -2.38. The first-order valence-electron chi connectivity index (χ1n) is 11.6. The molecule has 0 saturated carbocycles. The maximum atomic E-state index is 13.7. The van der Waals surface area contributed by atoms with E-state index >= 15 is 0 Å². The molecule has 0 saturated heterocycles. The highest BCUT2D eigenvalue weighted by Crippen LogP contribution is 2.41. The lowest BCUT2D eigenvalue weighted by molar-refractivity contribution is -0.142. The molecule has 0 bridgehead atoms. The highest BCUT2D eigenvalue weighted by molar-refractivity contribution is 5.84. The number of halogens is 1. The van der Waals surface area contributed by atoms with E-state index in [2.05, 4.69) is 5.32 Å². The molecule has 3 aromatic carbocycles. The smallest absolute Gasteiger partial charge is 0.328 e. The van der Waals surface area contributed by atoms with Crippen molar-refractivity contribution in [3.05, 3.63) is 94.8 Å². The number of nitrogens with one attached hydrogen (secondary N) is 1. The third-order valence-electron chi connectivity index (χ3n) is 6.39. The maximum absolute atomic E-state index is 13.7. The normalized spacial score (nSPS) is 15.4. The topological polar surface area (TPSA) is 77.1 Å². The lowest BCUT2D eigenvalue weighted by atomic mass is 9.87. The summed E-state index contributed by atoms with van der Waals surface area (Å²) in [5.74, 6) is 0.226. The average Bonchev–Trinajstić information content (AvgIpc) is 2.91. The number of hydrogen-bond donors (Lipinski definition) is 1. The van der Waals surface area contributed by atoms with Crippen molar-refractivity contribution in [2.24, 2.45) is 0 Å². The second-order valence-corrected chi connectivity index (χ2v) is 8.52. The van der Waals surface area contributed by atoms with E-state index < -0.39 is 24.1 Å². The number of amides is 2. The van der Waals surface area contributed by atoms with Crippen molar-refractivity contribution < 1.29 is 28.2 Å². The number of nitrogens with zero attached hydrogens (tertiary/aromatic N) is 1. The van der Waals surface area contributed by atoms with E-state index in [1.54, 1.807) is 31.3 Å². The molecule has 1 aliphatic rings. The molecule has 0 aliphatic carbocycles. The van der Waals surface area contributed by atoms with Crippen molar-refractivity contribution in [3.63, 3.8) is 0 Å². The molecule has 0 aromatic heterocycles. The Morgan fingerprint density at radius 3 is 2.31 bits per heavy atom. The Balaban J connectivity index is 1.70. The van der Waals surface area contributed by atoms with Crippen LogP contribution >= 0.6 is 0 Å². The average molecular weight is 493 g/mol. The summed E-state index contributed by atoms with van der Waals surface area (Å²) in [6, 6.07) is 17.4. The molecular weight excluding hydrogens is 463 g/mol. The minimum Gasteiger partial charge on any atom is -0.493 e. The molecule has 2 atom stereocenters. The number of hydrogen-bond acceptors (Lipinski definition) is 5. The monoisotopic (exact) mass is 492 g/mol. The van der Waals surface area contributed by atoms with Gasteiger partial charge in [0.15, 0.2) is 11.5 Å². The van der Waals surface area contributed by atoms with Gasteiger partial charge >= 0.3 is 12.0 Å². The second-order valence-electron chi connectivity index (χ2n) is 8.52. The van der Waals surface area contributed by atoms with Crippen LogP contribution in [0.15, 0.2) is 66.7 Å². The quantitative estimate of drug-likeness (QED) is 0.498. The molecule has 8 heteroatoms. The van der Waals surface area contributed by atoms with Crippen LogP contribution in [0.5, 0.6) is 11.5 Å². The van der Waals surface area contributed by atoms with Crippen LogP contribution < -0.4 is 14.8 Å². The zero-order valence-corrected chi connectivity index (χ0v) is 20.5. The first kappa shape index (κ1) is 25.0. The minimum atomic E-state index is -0.870. The molecule has 1 aliphatic heterocycles. The number of ether oxygens (including phenoxy) is 3. The number of carbonyl (C=O) groups is 2. The Kier molecular flexibility index (Phi) is 7.73. The fraction of sp³-hybridized carbons (Fsp3) is 0.286. The Bertz CT molecular complexity index is 1220. The Morgan fingerprint density at radius 2 is 1.67 bits per heavy atom. The molecular formula is C28H29FN2O5. The summed E-state index contributed by atoms with van der Waals surface area (Å²) >= 11 is 0. The number of methoxy groups -OCH3 is 3. The lowest BCUT2D eigenvalue weighted by Crippen LogP contribution is -2.52. The van der Waals surface area contributed by atoms with Crippen molar-refractivity contribution in [1.82, 2.24) is 10.2 Å². The second kappa shape index (κ2) is 11.1. The number of fused-ring (bicyclic) bond motifs is 1. The van der Waals surface area contributed by atoms with Gasteiger partial charge in [0.25, 0.3) is 0 Å². The van der Waals surface area contributed by atoms with Crippen LogP contribution in [0.1, 0.15) is 28.3 Å². The summed E-state index contributed by atoms with van der Waals surface area (Å²) in [5.41, 5.74) is 3.47. The predicted molar refractivity (Wildman–Crippen MR) is 133 cm³/mol. The summed E-state index contributed by atoms with van der Waals surface area (Å²) in [6.45, 7) is 0.385. The highest BCUT2D eigenvalue weighted by atomic mass is 19.1. The first-order valence-corrected chi connectivity index (χ1v) is 11.6. The van der Waals surface area contributed by atoms with Gasteiger partial charge in [-0.05, 0) is 52.9 Å². The minimum absolute atomic E-state index is 0.288. The molecule has 36 heavy (non-hydrogen) atoms. The molecule has 188 valence electrons. The standard InChI is InChI=1S/C28H29FN2O5/c1-34-24-16-20-13-14-31(26(22(20)17-25(24)35-2)19-9-11-21(29)12-10-19)28(33)30-23(27(32)36-3)15-18-7-5-4-6-8-18/h4-12,16-17,23,26H,13-15H2,1-3H3,(H,30,33). The van der Waals surface area contributed by atoms with Crippen molar-refractivity contribution in [2.75, 3.05) is 27.9 Å². The van der Waals surface area contributed by atoms with Crippen molar-refractivity contribution in [1.29, 1.82) is 0 Å². The molecule has 0 radical (unpaired) electrons. The van der Waals surface area contributed by atoms with E-state index in [0.717, 1.165) is 22.3 Å². The maximum Gasteiger partial charge on any atom is 0.328 e. The molecule has 3 aromatic rings. The highest BCUT2D eigenvalue weighted by Gasteiger charge is 2.35. The Morgan fingerprint density at radius 1 is 1.00 bits per heavy atom. The molecule has 0 spiro atoms. The molecule has 1 heterocycles. The molecule has 2 unspecified atom stereocenters. The summed E-state index contributed by atoms with van der Waals surface area (Å²) in [4.78, 5) is 27.8. The summed E-state index contributed by atoms with van der Waals surface area (Å²) in [5, 5.41) is 2.86. The van der Waals surface area contributed by atoms with Crippen LogP contribution in [0, 0.1) is 5.82 Å².